The lowest BCUT2D eigenvalue weighted by molar-refractivity contribution is 0.103. The third kappa shape index (κ3) is 2.63. The molecule has 100 valence electrons. The predicted octanol–water partition coefficient (Wildman–Crippen LogP) is 2.36. The number of fused-ring (bicyclic) bond motifs is 1. The molecule has 0 amide bonds. The highest BCUT2D eigenvalue weighted by atomic mass is 79.9. The molecule has 0 radical (unpaired) electrons. The van der Waals surface area contributed by atoms with Crippen LogP contribution in [0.2, 0.25) is 0 Å². The topological polar surface area (TPSA) is 46.8 Å². The number of pyridine rings is 1. The summed E-state index contributed by atoms with van der Waals surface area (Å²) in [6, 6.07) is 3.66. The zero-order valence-corrected chi connectivity index (χ0v) is 12.5. The molecule has 0 fully saturated rings. The van der Waals surface area contributed by atoms with Crippen molar-refractivity contribution in [3.63, 3.8) is 0 Å². The van der Waals surface area contributed by atoms with Gasteiger partial charge in [-0.2, -0.15) is 0 Å². The first-order chi connectivity index (χ1) is 9.04. The smallest absolute Gasteiger partial charge is 0.214 e. The Morgan fingerprint density at radius 2 is 2.21 bits per heavy atom. The van der Waals surface area contributed by atoms with Gasteiger partial charge in [0.05, 0.1) is 17.8 Å². The molecule has 0 saturated carbocycles. The van der Waals surface area contributed by atoms with E-state index >= 15 is 0 Å². The molecule has 0 N–H and O–H groups in total. The number of allylic oxidation sites excluding steroid dienone is 1. The number of imidazole rings is 1. The van der Waals surface area contributed by atoms with Gasteiger partial charge in [-0.25, -0.2) is 4.98 Å². The molecule has 2 aromatic rings. The highest BCUT2D eigenvalue weighted by Gasteiger charge is 2.15. The first-order valence-corrected chi connectivity index (χ1v) is 6.43. The van der Waals surface area contributed by atoms with Gasteiger partial charge in [0.15, 0.2) is 0 Å². The maximum Gasteiger partial charge on any atom is 0.214 e. The second-order valence-electron chi connectivity index (χ2n) is 4.17. The highest BCUT2D eigenvalue weighted by molar-refractivity contribution is 9.10. The van der Waals surface area contributed by atoms with Crippen molar-refractivity contribution in [1.29, 1.82) is 0 Å². The van der Waals surface area contributed by atoms with Crippen LogP contribution in [0.1, 0.15) is 10.5 Å². The number of halogens is 1. The van der Waals surface area contributed by atoms with Gasteiger partial charge in [-0.1, -0.05) is 0 Å². The van der Waals surface area contributed by atoms with Crippen LogP contribution >= 0.6 is 15.9 Å². The third-order valence-electron chi connectivity index (χ3n) is 2.55. The minimum atomic E-state index is -0.127. The minimum absolute atomic E-state index is 0.127. The van der Waals surface area contributed by atoms with E-state index in [4.69, 9.17) is 4.74 Å². The van der Waals surface area contributed by atoms with Crippen molar-refractivity contribution >= 4 is 27.4 Å². The normalized spacial score (nSPS) is 11.2. The van der Waals surface area contributed by atoms with Gasteiger partial charge in [0.25, 0.3) is 0 Å². The van der Waals surface area contributed by atoms with Crippen molar-refractivity contribution in [3.05, 3.63) is 40.8 Å². The lowest BCUT2D eigenvalue weighted by Crippen LogP contribution is -2.06. The molecule has 0 aromatic carbocycles. The van der Waals surface area contributed by atoms with Crippen LogP contribution in [-0.2, 0) is 0 Å². The predicted molar refractivity (Wildman–Crippen MR) is 76.6 cm³/mol. The van der Waals surface area contributed by atoms with E-state index in [2.05, 4.69) is 20.9 Å². The van der Waals surface area contributed by atoms with Crippen molar-refractivity contribution in [2.75, 3.05) is 21.2 Å². The van der Waals surface area contributed by atoms with Crippen LogP contribution < -0.4 is 4.74 Å². The number of rotatable bonds is 4. The highest BCUT2D eigenvalue weighted by Crippen LogP contribution is 2.27. The largest absolute Gasteiger partial charge is 0.481 e. The molecule has 2 aromatic heterocycles. The molecular formula is C13H14BrN3O2. The van der Waals surface area contributed by atoms with Crippen LogP contribution in [0.25, 0.3) is 5.65 Å². The fourth-order valence-corrected chi connectivity index (χ4v) is 2.16. The van der Waals surface area contributed by atoms with Gasteiger partial charge in [0, 0.05) is 26.4 Å². The van der Waals surface area contributed by atoms with E-state index in [1.807, 2.05) is 26.2 Å². The van der Waals surface area contributed by atoms with Gasteiger partial charge in [0.1, 0.15) is 11.3 Å². The molecule has 0 spiro atoms. The molecule has 0 atom stereocenters. The number of ketones is 1. The molecule has 5 nitrogen and oxygen atoms in total. The maximum atomic E-state index is 12.2. The van der Waals surface area contributed by atoms with Crippen LogP contribution in [0.15, 0.2) is 35.1 Å². The van der Waals surface area contributed by atoms with Gasteiger partial charge in [-0.15, -0.1) is 0 Å². The molecule has 2 heterocycles. The molecule has 2 rings (SSSR count). The van der Waals surface area contributed by atoms with Crippen LogP contribution in [0.4, 0.5) is 0 Å². The summed E-state index contributed by atoms with van der Waals surface area (Å²) in [5.41, 5.74) is 1.13. The summed E-state index contributed by atoms with van der Waals surface area (Å²) >= 11 is 3.40. The summed E-state index contributed by atoms with van der Waals surface area (Å²) in [5, 5.41) is 0. The lowest BCUT2D eigenvalue weighted by Gasteiger charge is -2.08. The van der Waals surface area contributed by atoms with Gasteiger partial charge < -0.3 is 9.64 Å². The Balaban J connectivity index is 2.56. The molecule has 0 bridgehead atoms. The zero-order chi connectivity index (χ0) is 14.0. The number of methoxy groups -OCH3 is 1. The Labute approximate surface area is 119 Å². The van der Waals surface area contributed by atoms with Gasteiger partial charge in [-0.3, -0.25) is 9.20 Å². The Hall–Kier alpha value is -1.82. The number of aromatic nitrogens is 2. The summed E-state index contributed by atoms with van der Waals surface area (Å²) < 4.78 is 7.78. The molecule has 6 heteroatoms. The standard InChI is InChI=1S/C13H14BrN3O2/c1-16(2)7-6-11(18)10-8-15-12-5-4-9(14)13(19-3)17(10)12/h4-8H,1-3H3. The van der Waals surface area contributed by atoms with Crippen molar-refractivity contribution in [3.8, 4) is 5.88 Å². The molecule has 0 aliphatic carbocycles. The van der Waals surface area contributed by atoms with Gasteiger partial charge >= 0.3 is 0 Å². The second-order valence-corrected chi connectivity index (χ2v) is 5.03. The number of ether oxygens (including phenoxy) is 1. The molecule has 0 aliphatic heterocycles. The monoisotopic (exact) mass is 323 g/mol. The van der Waals surface area contributed by atoms with Crippen molar-refractivity contribution < 1.29 is 9.53 Å². The zero-order valence-electron chi connectivity index (χ0n) is 10.9. The van der Waals surface area contributed by atoms with E-state index in [-0.39, 0.29) is 5.78 Å². The van der Waals surface area contributed by atoms with E-state index in [9.17, 15) is 4.79 Å². The van der Waals surface area contributed by atoms with Crippen LogP contribution in [0.3, 0.4) is 0 Å². The van der Waals surface area contributed by atoms with Crippen LogP contribution in [-0.4, -0.2) is 41.3 Å². The average molecular weight is 324 g/mol. The van der Waals surface area contributed by atoms with Crippen LogP contribution in [0.5, 0.6) is 5.88 Å². The van der Waals surface area contributed by atoms with Crippen molar-refractivity contribution in [2.45, 2.75) is 0 Å². The first kappa shape index (κ1) is 13.6. The number of hydrogen-bond donors (Lipinski definition) is 0. The maximum absolute atomic E-state index is 12.2. The Kier molecular flexibility index (Phi) is 3.90. The Bertz CT molecular complexity index is 647. The van der Waals surface area contributed by atoms with E-state index in [0.717, 1.165) is 4.47 Å². The molecular weight excluding hydrogens is 310 g/mol. The summed E-state index contributed by atoms with van der Waals surface area (Å²) in [4.78, 5) is 18.2. The Morgan fingerprint density at radius 3 is 2.84 bits per heavy atom. The molecule has 0 saturated heterocycles. The van der Waals surface area contributed by atoms with Gasteiger partial charge in [-0.05, 0) is 28.1 Å². The van der Waals surface area contributed by atoms with Crippen molar-refractivity contribution in [1.82, 2.24) is 14.3 Å². The fourth-order valence-electron chi connectivity index (χ4n) is 1.69. The first-order valence-electron chi connectivity index (χ1n) is 5.63. The second kappa shape index (κ2) is 5.44. The SMILES string of the molecule is COc1c(Br)ccc2ncc(C(=O)C=CN(C)C)n12. The average Bonchev–Trinajstić information content (AvgIpc) is 2.79. The number of carbonyl (C=O) groups is 1. The number of nitrogens with zero attached hydrogens (tertiary/aromatic N) is 3. The van der Waals surface area contributed by atoms with E-state index in [1.54, 1.807) is 28.8 Å². The summed E-state index contributed by atoms with van der Waals surface area (Å²) in [5.74, 6) is 0.425. The summed E-state index contributed by atoms with van der Waals surface area (Å²) in [7, 11) is 5.27. The lowest BCUT2D eigenvalue weighted by atomic mass is 10.3. The molecule has 0 unspecified atom stereocenters. The van der Waals surface area contributed by atoms with E-state index in [0.29, 0.717) is 17.2 Å². The Morgan fingerprint density at radius 1 is 1.47 bits per heavy atom. The molecule has 0 aliphatic rings. The quantitative estimate of drug-likeness (QED) is 0.640. The van der Waals surface area contributed by atoms with Crippen molar-refractivity contribution in [2.24, 2.45) is 0 Å². The third-order valence-corrected chi connectivity index (χ3v) is 3.15. The van der Waals surface area contributed by atoms with E-state index < -0.39 is 0 Å². The van der Waals surface area contributed by atoms with Gasteiger partial charge in [0.2, 0.25) is 11.7 Å². The van der Waals surface area contributed by atoms with Crippen LogP contribution in [0, 0.1) is 0 Å². The molecule has 19 heavy (non-hydrogen) atoms. The number of hydrogen-bond acceptors (Lipinski definition) is 4. The summed E-state index contributed by atoms with van der Waals surface area (Å²) in [6.07, 6.45) is 4.75. The van der Waals surface area contributed by atoms with E-state index in [1.165, 1.54) is 6.08 Å². The minimum Gasteiger partial charge on any atom is -0.481 e. The number of carbonyl (C=O) groups excluding carboxylic acids is 1. The summed E-state index contributed by atoms with van der Waals surface area (Å²) in [6.45, 7) is 0. The fraction of sp³-hybridized carbons (Fsp3) is 0.231.